The smallest absolute Gasteiger partial charge is 0.0493 e. The Balaban J connectivity index is 0.000000110. The van der Waals surface area contributed by atoms with Gasteiger partial charge in [0, 0.05) is 18.1 Å². The first-order chi connectivity index (χ1) is 6.77. The van der Waals surface area contributed by atoms with Crippen LogP contribution in [0.3, 0.4) is 0 Å². The highest BCUT2D eigenvalue weighted by molar-refractivity contribution is 5.80. The van der Waals surface area contributed by atoms with Gasteiger partial charge in [0.15, 0.2) is 0 Å². The van der Waals surface area contributed by atoms with Crippen molar-refractivity contribution in [3.63, 3.8) is 0 Å². The molecule has 2 heteroatoms. The number of aromatic nitrogens is 2. The van der Waals surface area contributed by atoms with Gasteiger partial charge >= 0.3 is 0 Å². The molecule has 0 aromatic carbocycles. The summed E-state index contributed by atoms with van der Waals surface area (Å²) in [4.78, 5) is 0. The molecule has 14 heavy (non-hydrogen) atoms. The highest BCUT2D eigenvalue weighted by Gasteiger charge is 2.06. The van der Waals surface area contributed by atoms with Gasteiger partial charge in [-0.2, -0.15) is 5.10 Å². The summed E-state index contributed by atoms with van der Waals surface area (Å²) in [7, 11) is 0. The van der Waals surface area contributed by atoms with E-state index in [-0.39, 0.29) is 0 Å². The molecule has 0 radical (unpaired) electrons. The maximum Gasteiger partial charge on any atom is 0.0493 e. The van der Waals surface area contributed by atoms with Crippen molar-refractivity contribution in [3.05, 3.63) is 49.3 Å². The molecule has 2 aliphatic rings. The molecule has 2 aliphatic carbocycles. The van der Waals surface area contributed by atoms with Crippen LogP contribution in [0, 0.1) is 0 Å². The van der Waals surface area contributed by atoms with Crippen molar-refractivity contribution in [2.75, 3.05) is 0 Å². The Kier molecular flexibility index (Phi) is 2.19. The molecule has 0 saturated heterocycles. The van der Waals surface area contributed by atoms with Crippen molar-refractivity contribution in [3.8, 4) is 11.1 Å². The normalized spacial score (nSPS) is 10.1. The van der Waals surface area contributed by atoms with Gasteiger partial charge in [0.05, 0.1) is 0 Å². The first-order valence-corrected chi connectivity index (χ1v) is 4.53. The van der Waals surface area contributed by atoms with Gasteiger partial charge in [-0.3, -0.25) is 0 Å². The molecular formula is C12H12N2. The molecule has 0 atom stereocenters. The fourth-order valence-corrected chi connectivity index (χ4v) is 1.17. The van der Waals surface area contributed by atoms with Crippen LogP contribution in [0.5, 0.6) is 0 Å². The van der Waals surface area contributed by atoms with Gasteiger partial charge in [0.1, 0.15) is 0 Å². The Labute approximate surface area is 83.5 Å². The fraction of sp³-hybridized carbons (Fsp3) is 0.0833. The van der Waals surface area contributed by atoms with E-state index in [1.165, 1.54) is 11.1 Å². The van der Waals surface area contributed by atoms with Crippen LogP contribution < -0.4 is 0 Å². The third-order valence-corrected chi connectivity index (χ3v) is 2.01. The number of benzene rings is 1. The Hall–Kier alpha value is -1.83. The SMILES string of the molecule is C=C(C)n1cccn1.c1cc2cc-2c1. The molecule has 0 fully saturated rings. The summed E-state index contributed by atoms with van der Waals surface area (Å²) < 4.78 is 1.72. The van der Waals surface area contributed by atoms with Gasteiger partial charge < -0.3 is 0 Å². The Morgan fingerprint density at radius 2 is 2.00 bits per heavy atom. The third kappa shape index (κ3) is 1.91. The van der Waals surface area contributed by atoms with Crippen LogP contribution in [0.1, 0.15) is 6.92 Å². The van der Waals surface area contributed by atoms with Crippen molar-refractivity contribution < 1.29 is 0 Å². The van der Waals surface area contributed by atoms with Gasteiger partial charge in [-0.15, -0.1) is 0 Å². The number of allylic oxidation sites excluding steroid dienone is 1. The summed E-state index contributed by atoms with van der Waals surface area (Å²) in [6.07, 6.45) is 3.59. The van der Waals surface area contributed by atoms with E-state index in [1.807, 2.05) is 19.2 Å². The van der Waals surface area contributed by atoms with Crippen molar-refractivity contribution in [1.29, 1.82) is 0 Å². The molecule has 1 aromatic heterocycles. The zero-order chi connectivity index (χ0) is 9.97. The first kappa shape index (κ1) is 8.75. The molecule has 0 bridgehead atoms. The standard InChI is InChI=1S/C6H8N2.C6H4/c1-6(2)8-5-3-4-7-8;1-2-5-4-6(5)3-1/h3-5H,1H2,2H3;1-4H. The van der Waals surface area contributed by atoms with Crippen molar-refractivity contribution in [2.45, 2.75) is 6.92 Å². The minimum absolute atomic E-state index is 0.940. The lowest BCUT2D eigenvalue weighted by Crippen LogP contribution is -1.89. The predicted octanol–water partition coefficient (Wildman–Crippen LogP) is 3.04. The molecule has 0 aliphatic heterocycles. The zero-order valence-corrected chi connectivity index (χ0v) is 8.14. The first-order valence-electron chi connectivity index (χ1n) is 4.53. The number of hydrogen-bond acceptors (Lipinski definition) is 1. The quantitative estimate of drug-likeness (QED) is 0.568. The molecule has 0 spiro atoms. The van der Waals surface area contributed by atoms with E-state index in [4.69, 9.17) is 0 Å². The van der Waals surface area contributed by atoms with E-state index < -0.39 is 0 Å². The van der Waals surface area contributed by atoms with Crippen LogP contribution in [0.2, 0.25) is 0 Å². The van der Waals surface area contributed by atoms with Crippen LogP contribution in [0.25, 0.3) is 16.8 Å². The van der Waals surface area contributed by atoms with Crippen LogP contribution in [0.15, 0.2) is 49.3 Å². The monoisotopic (exact) mass is 184 g/mol. The van der Waals surface area contributed by atoms with E-state index in [0.717, 1.165) is 5.70 Å². The maximum atomic E-state index is 3.93. The summed E-state index contributed by atoms with van der Waals surface area (Å²) in [5, 5.41) is 3.93. The van der Waals surface area contributed by atoms with E-state index >= 15 is 0 Å². The number of nitrogens with zero attached hydrogens (tertiary/aromatic N) is 2. The zero-order valence-electron chi connectivity index (χ0n) is 8.14. The summed E-state index contributed by atoms with van der Waals surface area (Å²) in [5.74, 6) is 0. The Morgan fingerprint density at radius 3 is 2.21 bits per heavy atom. The topological polar surface area (TPSA) is 17.8 Å². The summed E-state index contributed by atoms with van der Waals surface area (Å²) in [6.45, 7) is 5.61. The molecule has 1 heterocycles. The summed E-state index contributed by atoms with van der Waals surface area (Å²) in [5.41, 5.74) is 3.79. The highest BCUT2D eigenvalue weighted by atomic mass is 15.3. The van der Waals surface area contributed by atoms with Gasteiger partial charge in [0.2, 0.25) is 0 Å². The minimum Gasteiger partial charge on any atom is -0.246 e. The van der Waals surface area contributed by atoms with Crippen LogP contribution in [0.4, 0.5) is 0 Å². The number of hydrogen-bond donors (Lipinski definition) is 0. The maximum absolute atomic E-state index is 3.93. The minimum atomic E-state index is 0.940. The third-order valence-electron chi connectivity index (χ3n) is 2.01. The number of rotatable bonds is 1. The van der Waals surface area contributed by atoms with E-state index in [0.29, 0.717) is 0 Å². The van der Waals surface area contributed by atoms with Gasteiger partial charge in [-0.1, -0.05) is 24.8 Å². The van der Waals surface area contributed by atoms with Crippen molar-refractivity contribution in [1.82, 2.24) is 9.78 Å². The van der Waals surface area contributed by atoms with Crippen molar-refractivity contribution in [2.24, 2.45) is 0 Å². The molecular weight excluding hydrogens is 172 g/mol. The molecule has 70 valence electrons. The fourth-order valence-electron chi connectivity index (χ4n) is 1.17. The lowest BCUT2D eigenvalue weighted by molar-refractivity contribution is 0.898. The lowest BCUT2D eigenvalue weighted by atomic mass is 10.6. The molecule has 3 rings (SSSR count). The Morgan fingerprint density at radius 1 is 1.29 bits per heavy atom. The summed E-state index contributed by atoms with van der Waals surface area (Å²) in [6, 6.07) is 10.4. The van der Waals surface area contributed by atoms with Gasteiger partial charge in [-0.05, 0) is 30.2 Å². The molecule has 0 N–H and O–H groups in total. The largest absolute Gasteiger partial charge is 0.246 e. The molecule has 0 unspecified atom stereocenters. The molecule has 0 saturated carbocycles. The average molecular weight is 184 g/mol. The van der Waals surface area contributed by atoms with Gasteiger partial charge in [0.25, 0.3) is 0 Å². The average Bonchev–Trinajstić information content (AvgIpc) is 2.68. The lowest BCUT2D eigenvalue weighted by Gasteiger charge is -1.93. The molecule has 2 nitrogen and oxygen atoms in total. The van der Waals surface area contributed by atoms with Crippen LogP contribution in [-0.2, 0) is 0 Å². The Bertz CT molecular complexity index is 424. The van der Waals surface area contributed by atoms with Crippen LogP contribution in [-0.4, -0.2) is 9.78 Å². The highest BCUT2D eigenvalue weighted by Crippen LogP contribution is 2.32. The van der Waals surface area contributed by atoms with Crippen molar-refractivity contribution >= 4 is 5.70 Å². The summed E-state index contributed by atoms with van der Waals surface area (Å²) >= 11 is 0. The van der Waals surface area contributed by atoms with E-state index in [2.05, 4.69) is 35.9 Å². The number of fused-ring (bicyclic) bond motifs is 1. The second-order valence-corrected chi connectivity index (χ2v) is 3.27. The predicted molar refractivity (Wildman–Crippen MR) is 58.7 cm³/mol. The molecule has 1 aromatic rings. The second kappa shape index (κ2) is 3.50. The van der Waals surface area contributed by atoms with E-state index in [1.54, 1.807) is 10.9 Å². The van der Waals surface area contributed by atoms with Crippen LogP contribution >= 0.6 is 0 Å². The molecule has 0 amide bonds. The van der Waals surface area contributed by atoms with Gasteiger partial charge in [-0.25, -0.2) is 4.68 Å². The second-order valence-electron chi connectivity index (χ2n) is 3.27. The van der Waals surface area contributed by atoms with E-state index in [9.17, 15) is 0 Å².